The second kappa shape index (κ2) is 17.3. The summed E-state index contributed by atoms with van der Waals surface area (Å²) in [6, 6.07) is 26.6. The second-order valence-electron chi connectivity index (χ2n) is 13.4. The molecule has 0 radical (unpaired) electrons. The Morgan fingerprint density at radius 3 is 1.80 bits per heavy atom. The molecule has 4 aromatic heterocycles. The first-order valence-electron chi connectivity index (χ1n) is 18.1. The molecule has 0 aliphatic rings. The minimum Gasteiger partial charge on any atom is -0.489 e. The van der Waals surface area contributed by atoms with Gasteiger partial charge in [-0.3, -0.25) is 9.97 Å². The predicted octanol–water partition coefficient (Wildman–Crippen LogP) is 10.7. The lowest BCUT2D eigenvalue weighted by molar-refractivity contribution is 0.242. The molecular formula is C43H38Cl2N6O5. The highest BCUT2D eigenvalue weighted by atomic mass is 35.5. The van der Waals surface area contributed by atoms with Gasteiger partial charge in [-0.05, 0) is 99.8 Å². The van der Waals surface area contributed by atoms with Crippen molar-refractivity contribution in [3.63, 3.8) is 0 Å². The monoisotopic (exact) mass is 788 g/mol. The van der Waals surface area contributed by atoms with Gasteiger partial charge in [0.2, 0.25) is 11.6 Å². The lowest BCUT2D eigenvalue weighted by Crippen LogP contribution is -2.05. The molecule has 0 atom stereocenters. The third kappa shape index (κ3) is 8.65. The van der Waals surface area contributed by atoms with Crippen LogP contribution in [0.25, 0.3) is 67.2 Å². The summed E-state index contributed by atoms with van der Waals surface area (Å²) in [4.78, 5) is 17.7. The van der Waals surface area contributed by atoms with E-state index in [2.05, 4.69) is 30.2 Å². The number of pyridine rings is 2. The van der Waals surface area contributed by atoms with Crippen molar-refractivity contribution in [2.75, 3.05) is 6.61 Å². The van der Waals surface area contributed by atoms with Crippen LogP contribution in [0, 0.1) is 0 Å². The van der Waals surface area contributed by atoms with Crippen molar-refractivity contribution in [2.45, 2.75) is 52.7 Å². The third-order valence-electron chi connectivity index (χ3n) is 8.56. The Kier molecular flexibility index (Phi) is 11.9. The number of aliphatic hydroxyl groups is 1. The van der Waals surface area contributed by atoms with Crippen LogP contribution in [0.1, 0.15) is 39.8 Å². The zero-order chi connectivity index (χ0) is 39.2. The number of benzene rings is 4. The van der Waals surface area contributed by atoms with E-state index in [0.29, 0.717) is 57.8 Å². The van der Waals surface area contributed by atoms with E-state index in [1.807, 2.05) is 101 Å². The number of rotatable bonds is 11. The minimum atomic E-state index is 0.0338. The topological polar surface area (TPSA) is 142 Å². The Morgan fingerprint density at radius 2 is 1.23 bits per heavy atom. The van der Waals surface area contributed by atoms with Crippen molar-refractivity contribution >= 4 is 44.7 Å². The number of hydrogen-bond acceptors (Lipinski definition) is 11. The van der Waals surface area contributed by atoms with E-state index in [-0.39, 0.29) is 18.8 Å². The molecule has 56 heavy (non-hydrogen) atoms. The van der Waals surface area contributed by atoms with Crippen LogP contribution in [0.3, 0.4) is 0 Å². The molecule has 0 aliphatic heterocycles. The number of nitrogens with zero attached hydrogens (tertiary/aromatic N) is 6. The SMILES string of the molecule is CC(C)Oc1ccc(-c2nc(-c3cccc4c(CCCO)nccc34)no2)cc1Cl.CC(C)Oc1ccc(-c2nc(-c3cccc4cnccc34)no2)cc1Cl. The highest BCUT2D eigenvalue weighted by Gasteiger charge is 2.17. The smallest absolute Gasteiger partial charge is 0.258 e. The molecule has 0 unspecified atom stereocenters. The summed E-state index contributed by atoms with van der Waals surface area (Å²) < 4.78 is 22.3. The first-order chi connectivity index (χ1) is 27.2. The highest BCUT2D eigenvalue weighted by Crippen LogP contribution is 2.35. The Bertz CT molecular complexity index is 2600. The molecule has 0 spiro atoms. The molecule has 8 rings (SSSR count). The number of fused-ring (bicyclic) bond motifs is 2. The molecule has 284 valence electrons. The molecule has 1 N–H and O–H groups in total. The fourth-order valence-corrected chi connectivity index (χ4v) is 6.54. The zero-order valence-electron chi connectivity index (χ0n) is 31.1. The van der Waals surface area contributed by atoms with E-state index in [9.17, 15) is 0 Å². The van der Waals surface area contributed by atoms with Crippen molar-refractivity contribution in [1.29, 1.82) is 0 Å². The minimum absolute atomic E-state index is 0.0338. The molecule has 0 bridgehead atoms. The summed E-state index contributed by atoms with van der Waals surface area (Å²) in [6.45, 7) is 7.94. The Hall–Kier alpha value is -5.88. The standard InChI is InChI=1S/C23H22ClN3O3.C20H16ClN3O2/c1-14(2)29-21-9-8-15(13-19(21)24)23-26-22(27-30-23)18-6-3-5-17-16(18)10-11-25-20(17)7-4-12-28;1-12(2)25-18-7-6-13(10-17(18)21)20-23-19(24-26-20)16-5-3-4-14-11-22-9-8-15(14)16/h3,5-6,8-11,13-14,28H,4,7,12H2,1-2H3;3-12H,1-2H3. The number of ether oxygens (including phenoxy) is 2. The first-order valence-corrected chi connectivity index (χ1v) is 18.9. The number of aryl methyl sites for hydroxylation is 1. The van der Waals surface area contributed by atoms with Gasteiger partial charge < -0.3 is 23.6 Å². The number of halogens is 2. The maximum atomic E-state index is 9.15. The molecule has 11 nitrogen and oxygen atoms in total. The normalized spacial score (nSPS) is 11.3. The molecule has 0 saturated carbocycles. The van der Waals surface area contributed by atoms with Crippen molar-refractivity contribution in [1.82, 2.24) is 30.2 Å². The van der Waals surface area contributed by atoms with Gasteiger partial charge in [0.15, 0.2) is 0 Å². The quantitative estimate of drug-likeness (QED) is 0.134. The summed E-state index contributed by atoms with van der Waals surface area (Å²) in [5.41, 5.74) is 4.17. The van der Waals surface area contributed by atoms with Crippen LogP contribution in [0.4, 0.5) is 0 Å². The molecular weight excluding hydrogens is 751 g/mol. The van der Waals surface area contributed by atoms with Gasteiger partial charge in [-0.25, -0.2) is 0 Å². The van der Waals surface area contributed by atoms with Crippen molar-refractivity contribution < 1.29 is 23.6 Å². The van der Waals surface area contributed by atoms with Gasteiger partial charge >= 0.3 is 0 Å². The fraction of sp³-hybridized carbons (Fsp3) is 0.209. The molecule has 4 heterocycles. The number of aliphatic hydroxyl groups excluding tert-OH is 1. The lowest BCUT2D eigenvalue weighted by atomic mass is 10.0. The Labute approximate surface area is 333 Å². The fourth-order valence-electron chi connectivity index (χ4n) is 6.09. The zero-order valence-corrected chi connectivity index (χ0v) is 32.6. The molecule has 13 heteroatoms. The molecule has 0 amide bonds. The summed E-state index contributed by atoms with van der Waals surface area (Å²) in [7, 11) is 0. The third-order valence-corrected chi connectivity index (χ3v) is 9.15. The van der Waals surface area contributed by atoms with Crippen molar-refractivity contribution in [3.8, 4) is 57.2 Å². The van der Waals surface area contributed by atoms with Gasteiger partial charge in [0.1, 0.15) is 11.5 Å². The summed E-state index contributed by atoms with van der Waals surface area (Å²) in [6.07, 6.45) is 6.79. The average molecular weight is 790 g/mol. The summed E-state index contributed by atoms with van der Waals surface area (Å²) in [5.74, 6) is 3.06. The van der Waals surface area contributed by atoms with E-state index in [1.165, 1.54) is 0 Å². The second-order valence-corrected chi connectivity index (χ2v) is 14.2. The van der Waals surface area contributed by atoms with Gasteiger partial charge in [0.25, 0.3) is 11.8 Å². The Balaban J connectivity index is 0.000000173. The summed E-state index contributed by atoms with van der Waals surface area (Å²) in [5, 5.41) is 22.5. The van der Waals surface area contributed by atoms with Crippen LogP contribution in [0.15, 0.2) is 113 Å². The average Bonchev–Trinajstić information content (AvgIpc) is 3.90. The van der Waals surface area contributed by atoms with E-state index < -0.39 is 0 Å². The molecule has 0 fully saturated rings. The lowest BCUT2D eigenvalue weighted by Gasteiger charge is -2.11. The van der Waals surface area contributed by atoms with Gasteiger partial charge in [-0.2, -0.15) is 9.97 Å². The van der Waals surface area contributed by atoms with Crippen LogP contribution in [-0.2, 0) is 6.42 Å². The number of aromatic nitrogens is 6. The van der Waals surface area contributed by atoms with E-state index in [0.717, 1.165) is 49.5 Å². The van der Waals surface area contributed by atoms with Crippen LogP contribution in [0.2, 0.25) is 10.0 Å². The molecule has 0 saturated heterocycles. The van der Waals surface area contributed by atoms with Gasteiger partial charge in [0, 0.05) is 63.9 Å². The van der Waals surface area contributed by atoms with Crippen LogP contribution in [0.5, 0.6) is 11.5 Å². The van der Waals surface area contributed by atoms with E-state index >= 15 is 0 Å². The molecule has 4 aromatic carbocycles. The molecule has 8 aromatic rings. The van der Waals surface area contributed by atoms with Gasteiger partial charge in [-0.15, -0.1) is 0 Å². The van der Waals surface area contributed by atoms with Crippen molar-refractivity contribution in [2.24, 2.45) is 0 Å². The largest absolute Gasteiger partial charge is 0.489 e. The number of hydrogen-bond donors (Lipinski definition) is 1. The summed E-state index contributed by atoms with van der Waals surface area (Å²) >= 11 is 12.6. The van der Waals surface area contributed by atoms with Crippen LogP contribution >= 0.6 is 23.2 Å². The maximum Gasteiger partial charge on any atom is 0.258 e. The van der Waals surface area contributed by atoms with Crippen LogP contribution in [-0.4, -0.2) is 54.2 Å². The van der Waals surface area contributed by atoms with Gasteiger partial charge in [0.05, 0.1) is 22.3 Å². The van der Waals surface area contributed by atoms with Crippen LogP contribution < -0.4 is 9.47 Å². The molecule has 0 aliphatic carbocycles. The maximum absolute atomic E-state index is 9.15. The first kappa shape index (κ1) is 38.4. The Morgan fingerprint density at radius 1 is 0.661 bits per heavy atom. The van der Waals surface area contributed by atoms with Crippen molar-refractivity contribution in [3.05, 3.63) is 119 Å². The van der Waals surface area contributed by atoms with E-state index in [4.69, 9.17) is 46.8 Å². The van der Waals surface area contributed by atoms with E-state index in [1.54, 1.807) is 30.6 Å². The highest BCUT2D eigenvalue weighted by molar-refractivity contribution is 6.32. The van der Waals surface area contributed by atoms with Gasteiger partial charge in [-0.1, -0.05) is 69.9 Å². The predicted molar refractivity (Wildman–Crippen MR) is 218 cm³/mol.